The van der Waals surface area contributed by atoms with Gasteiger partial charge in [-0.1, -0.05) is 0 Å². The Bertz CT molecular complexity index is 443. The molecule has 5 nitrogen and oxygen atoms in total. The Labute approximate surface area is 107 Å². The zero-order valence-corrected chi connectivity index (χ0v) is 11.4. The van der Waals surface area contributed by atoms with Gasteiger partial charge in [0.1, 0.15) is 17.6 Å². The molecule has 1 aromatic carbocycles. The van der Waals surface area contributed by atoms with E-state index in [0.29, 0.717) is 17.2 Å². The lowest BCUT2D eigenvalue weighted by Crippen LogP contribution is -2.35. The average Bonchev–Trinajstić information content (AvgIpc) is 2.35. The molecule has 5 heteroatoms. The van der Waals surface area contributed by atoms with Crippen LogP contribution in [-0.2, 0) is 4.79 Å². The number of hydrogen-bond donors (Lipinski definition) is 1. The maximum atomic E-state index is 11.8. The van der Waals surface area contributed by atoms with E-state index < -0.39 is 6.10 Å². The van der Waals surface area contributed by atoms with E-state index in [0.717, 1.165) is 5.56 Å². The molecular weight excluding hydrogens is 234 g/mol. The topological polar surface area (TPSA) is 59.0 Å². The van der Waals surface area contributed by atoms with Gasteiger partial charge in [0.15, 0.2) is 0 Å². The predicted octanol–water partition coefficient (Wildman–Crippen LogP) is 1.36. The Morgan fingerprint density at radius 3 is 2.39 bits per heavy atom. The van der Waals surface area contributed by atoms with E-state index >= 15 is 0 Å². The molecule has 1 N–H and O–H groups in total. The molecule has 0 radical (unpaired) electrons. The molecule has 0 aliphatic rings. The third-order valence-electron chi connectivity index (χ3n) is 2.72. The largest absolute Gasteiger partial charge is 0.497 e. The number of nitrogens with zero attached hydrogens (tertiary/aromatic N) is 1. The van der Waals surface area contributed by atoms with Crippen LogP contribution < -0.4 is 14.4 Å². The van der Waals surface area contributed by atoms with Gasteiger partial charge in [-0.25, -0.2) is 0 Å². The van der Waals surface area contributed by atoms with E-state index in [2.05, 4.69) is 0 Å². The fourth-order valence-electron chi connectivity index (χ4n) is 1.81. The second-order valence-corrected chi connectivity index (χ2v) is 4.07. The molecule has 0 saturated carbocycles. The summed E-state index contributed by atoms with van der Waals surface area (Å²) in [7, 11) is 4.70. The Kier molecular flexibility index (Phi) is 4.55. The summed E-state index contributed by atoms with van der Waals surface area (Å²) in [4.78, 5) is 13.2. The second-order valence-electron chi connectivity index (χ2n) is 4.07. The molecular formula is C13H19NO4. The molecule has 0 aromatic heterocycles. The number of aryl methyl sites for hydroxylation is 1. The van der Waals surface area contributed by atoms with Gasteiger partial charge in [-0.05, 0) is 25.5 Å². The molecule has 0 bridgehead atoms. The highest BCUT2D eigenvalue weighted by atomic mass is 16.5. The van der Waals surface area contributed by atoms with E-state index in [1.807, 2.05) is 13.0 Å². The van der Waals surface area contributed by atoms with Crippen LogP contribution in [0.25, 0.3) is 0 Å². The molecule has 0 saturated heterocycles. The maximum Gasteiger partial charge on any atom is 0.255 e. The highest BCUT2D eigenvalue weighted by Crippen LogP contribution is 2.35. The zero-order chi connectivity index (χ0) is 13.9. The van der Waals surface area contributed by atoms with Gasteiger partial charge in [0, 0.05) is 13.1 Å². The van der Waals surface area contributed by atoms with Crippen LogP contribution in [-0.4, -0.2) is 38.4 Å². The molecule has 0 aliphatic heterocycles. The number of anilines is 1. The van der Waals surface area contributed by atoms with Crippen molar-refractivity contribution in [1.29, 1.82) is 0 Å². The number of rotatable bonds is 4. The fraction of sp³-hybridized carbons (Fsp3) is 0.462. The summed E-state index contributed by atoms with van der Waals surface area (Å²) in [6, 6.07) is 3.51. The van der Waals surface area contributed by atoms with E-state index in [1.54, 1.807) is 20.2 Å². The van der Waals surface area contributed by atoms with Gasteiger partial charge >= 0.3 is 0 Å². The fourth-order valence-corrected chi connectivity index (χ4v) is 1.81. The Hall–Kier alpha value is -1.75. The van der Waals surface area contributed by atoms with Crippen LogP contribution in [0.5, 0.6) is 11.5 Å². The van der Waals surface area contributed by atoms with Crippen LogP contribution in [0.2, 0.25) is 0 Å². The summed E-state index contributed by atoms with van der Waals surface area (Å²) >= 11 is 0. The van der Waals surface area contributed by atoms with Gasteiger partial charge in [-0.3, -0.25) is 4.79 Å². The number of methoxy groups -OCH3 is 2. The normalized spacial score (nSPS) is 11.9. The number of aliphatic hydroxyl groups excluding tert-OH is 1. The van der Waals surface area contributed by atoms with Crippen LogP contribution in [0.1, 0.15) is 12.5 Å². The summed E-state index contributed by atoms with van der Waals surface area (Å²) < 4.78 is 10.4. The number of aliphatic hydroxyl groups is 1. The van der Waals surface area contributed by atoms with E-state index in [9.17, 15) is 9.90 Å². The van der Waals surface area contributed by atoms with E-state index in [4.69, 9.17) is 9.47 Å². The molecule has 0 aliphatic carbocycles. The van der Waals surface area contributed by atoms with Crippen molar-refractivity contribution in [3.05, 3.63) is 17.7 Å². The van der Waals surface area contributed by atoms with Crippen LogP contribution in [0.4, 0.5) is 5.69 Å². The van der Waals surface area contributed by atoms with Gasteiger partial charge < -0.3 is 19.5 Å². The number of carbonyl (C=O) groups excluding carboxylic acids is 1. The lowest BCUT2D eigenvalue weighted by molar-refractivity contribution is -0.125. The molecule has 1 amide bonds. The van der Waals surface area contributed by atoms with E-state index in [1.165, 1.54) is 18.9 Å². The number of benzene rings is 1. The lowest BCUT2D eigenvalue weighted by atomic mass is 10.1. The summed E-state index contributed by atoms with van der Waals surface area (Å²) in [5.41, 5.74) is 1.46. The first-order valence-electron chi connectivity index (χ1n) is 5.60. The first-order valence-corrected chi connectivity index (χ1v) is 5.60. The van der Waals surface area contributed by atoms with Crippen molar-refractivity contribution in [2.24, 2.45) is 0 Å². The summed E-state index contributed by atoms with van der Waals surface area (Å²) in [5.74, 6) is 0.802. The standard InChI is InChI=1S/C13H19NO4/c1-8-6-10(17-4)7-11(18-5)12(8)14(3)13(16)9(2)15/h6-7,9,15H,1-5H3. The van der Waals surface area contributed by atoms with Crippen LogP contribution >= 0.6 is 0 Å². The van der Waals surface area contributed by atoms with Gasteiger partial charge in [-0.15, -0.1) is 0 Å². The van der Waals surface area contributed by atoms with Gasteiger partial charge in [0.25, 0.3) is 5.91 Å². The van der Waals surface area contributed by atoms with Crippen molar-refractivity contribution in [1.82, 2.24) is 0 Å². The smallest absolute Gasteiger partial charge is 0.255 e. The monoisotopic (exact) mass is 253 g/mol. The van der Waals surface area contributed by atoms with Crippen LogP contribution in [0.3, 0.4) is 0 Å². The van der Waals surface area contributed by atoms with Gasteiger partial charge in [-0.2, -0.15) is 0 Å². The number of hydrogen-bond acceptors (Lipinski definition) is 4. The first kappa shape index (κ1) is 14.3. The average molecular weight is 253 g/mol. The quantitative estimate of drug-likeness (QED) is 0.880. The SMILES string of the molecule is COc1cc(C)c(N(C)C(=O)C(C)O)c(OC)c1. The number of amides is 1. The van der Waals surface area contributed by atoms with Crippen molar-refractivity contribution in [2.75, 3.05) is 26.2 Å². The van der Waals surface area contributed by atoms with Crippen molar-refractivity contribution in [2.45, 2.75) is 20.0 Å². The highest BCUT2D eigenvalue weighted by molar-refractivity contribution is 5.97. The molecule has 1 rings (SSSR count). The zero-order valence-electron chi connectivity index (χ0n) is 11.4. The molecule has 0 heterocycles. The molecule has 0 spiro atoms. The molecule has 1 aromatic rings. The molecule has 100 valence electrons. The third-order valence-corrected chi connectivity index (χ3v) is 2.72. The van der Waals surface area contributed by atoms with Crippen LogP contribution in [0.15, 0.2) is 12.1 Å². The minimum absolute atomic E-state index is 0.387. The van der Waals surface area contributed by atoms with E-state index in [-0.39, 0.29) is 5.91 Å². The lowest BCUT2D eigenvalue weighted by Gasteiger charge is -2.23. The molecule has 1 unspecified atom stereocenters. The first-order chi connectivity index (χ1) is 8.42. The maximum absolute atomic E-state index is 11.8. The number of ether oxygens (including phenoxy) is 2. The third kappa shape index (κ3) is 2.73. The summed E-state index contributed by atoms with van der Waals surface area (Å²) in [5, 5.41) is 9.35. The van der Waals surface area contributed by atoms with Crippen LogP contribution in [0, 0.1) is 6.92 Å². The van der Waals surface area contributed by atoms with Crippen molar-refractivity contribution < 1.29 is 19.4 Å². The summed E-state index contributed by atoms with van der Waals surface area (Å²) in [6.45, 7) is 3.29. The Morgan fingerprint density at radius 1 is 1.33 bits per heavy atom. The van der Waals surface area contributed by atoms with Gasteiger partial charge in [0.05, 0.1) is 19.9 Å². The molecule has 1 atom stereocenters. The molecule has 18 heavy (non-hydrogen) atoms. The minimum atomic E-state index is -1.05. The highest BCUT2D eigenvalue weighted by Gasteiger charge is 2.21. The minimum Gasteiger partial charge on any atom is -0.497 e. The van der Waals surface area contributed by atoms with Crippen molar-refractivity contribution >= 4 is 11.6 Å². The number of carbonyl (C=O) groups is 1. The predicted molar refractivity (Wildman–Crippen MR) is 69.4 cm³/mol. The van der Waals surface area contributed by atoms with Crippen molar-refractivity contribution in [3.8, 4) is 11.5 Å². The Balaban J connectivity index is 3.27. The van der Waals surface area contributed by atoms with Crippen molar-refractivity contribution in [3.63, 3.8) is 0 Å². The number of likely N-dealkylation sites (N-methyl/N-ethyl adjacent to an activating group) is 1. The molecule has 0 fully saturated rings. The summed E-state index contributed by atoms with van der Waals surface area (Å²) in [6.07, 6.45) is -1.05. The second kappa shape index (κ2) is 5.73. The van der Waals surface area contributed by atoms with Gasteiger partial charge in [0.2, 0.25) is 0 Å². The Morgan fingerprint density at radius 2 is 1.94 bits per heavy atom.